The van der Waals surface area contributed by atoms with Crippen molar-refractivity contribution in [3.05, 3.63) is 29.6 Å². The Labute approximate surface area is 109 Å². The number of Topliss-reactive ketones (excluding diaryl/α,β-unsaturated/α-hetero) is 1. The number of hydrogen-bond acceptors (Lipinski definition) is 2. The summed E-state index contributed by atoms with van der Waals surface area (Å²) in [7, 11) is -2.00. The van der Waals surface area contributed by atoms with Crippen molar-refractivity contribution in [2.45, 2.75) is 45.8 Å². The quantitative estimate of drug-likeness (QED) is 0.599. The van der Waals surface area contributed by atoms with Crippen molar-refractivity contribution in [3.63, 3.8) is 0 Å². The highest BCUT2D eigenvalue weighted by Gasteiger charge is 2.39. The molecule has 0 N–H and O–H groups in total. The van der Waals surface area contributed by atoms with E-state index < -0.39 is 14.1 Å². The van der Waals surface area contributed by atoms with E-state index in [1.807, 2.05) is 0 Å². The summed E-state index contributed by atoms with van der Waals surface area (Å²) in [5.41, 5.74) is 0.351. The SMILES string of the molecule is CC(=O)c1cc(F)cc(O[Si](C)(C)C(C)(C)C)c1. The van der Waals surface area contributed by atoms with Gasteiger partial charge in [-0.1, -0.05) is 20.8 Å². The largest absolute Gasteiger partial charge is 0.543 e. The molecule has 0 aliphatic carbocycles. The number of carbonyl (C=O) groups is 1. The number of hydrogen-bond donors (Lipinski definition) is 0. The van der Waals surface area contributed by atoms with Gasteiger partial charge < -0.3 is 4.43 Å². The van der Waals surface area contributed by atoms with Crippen LogP contribution in [0.2, 0.25) is 18.1 Å². The molecule has 0 fully saturated rings. The molecule has 0 aromatic heterocycles. The highest BCUT2D eigenvalue weighted by atomic mass is 28.4. The molecular formula is C14H21FO2Si. The highest BCUT2D eigenvalue weighted by Crippen LogP contribution is 2.37. The van der Waals surface area contributed by atoms with E-state index in [0.29, 0.717) is 11.3 Å². The minimum absolute atomic E-state index is 0.0374. The molecule has 0 spiro atoms. The lowest BCUT2D eigenvalue weighted by Crippen LogP contribution is -2.43. The lowest BCUT2D eigenvalue weighted by Gasteiger charge is -2.36. The maximum Gasteiger partial charge on any atom is 0.250 e. The summed E-state index contributed by atoms with van der Waals surface area (Å²) in [6, 6.07) is 4.19. The third kappa shape index (κ3) is 3.42. The highest BCUT2D eigenvalue weighted by molar-refractivity contribution is 6.74. The lowest BCUT2D eigenvalue weighted by molar-refractivity contribution is 0.101. The average molecular weight is 268 g/mol. The molecule has 0 saturated heterocycles. The lowest BCUT2D eigenvalue weighted by atomic mass is 10.1. The summed E-state index contributed by atoms with van der Waals surface area (Å²) >= 11 is 0. The molecule has 0 amide bonds. The van der Waals surface area contributed by atoms with Gasteiger partial charge >= 0.3 is 0 Å². The molecule has 1 aromatic carbocycles. The van der Waals surface area contributed by atoms with Crippen molar-refractivity contribution in [1.82, 2.24) is 0 Å². The van der Waals surface area contributed by atoms with Gasteiger partial charge in [-0.25, -0.2) is 4.39 Å². The van der Waals surface area contributed by atoms with E-state index in [4.69, 9.17) is 4.43 Å². The minimum Gasteiger partial charge on any atom is -0.543 e. The average Bonchev–Trinajstić information content (AvgIpc) is 2.13. The van der Waals surface area contributed by atoms with Crippen molar-refractivity contribution in [2.24, 2.45) is 0 Å². The monoisotopic (exact) mass is 268 g/mol. The first-order valence-electron chi connectivity index (χ1n) is 6.03. The van der Waals surface area contributed by atoms with E-state index in [2.05, 4.69) is 33.9 Å². The second-order valence-corrected chi connectivity index (χ2v) is 10.8. The fourth-order valence-corrected chi connectivity index (χ4v) is 2.29. The second-order valence-electron chi connectivity index (χ2n) is 6.09. The maximum atomic E-state index is 13.4. The molecule has 100 valence electrons. The van der Waals surface area contributed by atoms with Crippen LogP contribution in [0.5, 0.6) is 5.75 Å². The normalized spacial score (nSPS) is 12.4. The Morgan fingerprint density at radius 3 is 2.22 bits per heavy atom. The van der Waals surface area contributed by atoms with Crippen molar-refractivity contribution >= 4 is 14.1 Å². The van der Waals surface area contributed by atoms with Crippen molar-refractivity contribution in [1.29, 1.82) is 0 Å². The summed E-state index contributed by atoms with van der Waals surface area (Å²) in [4.78, 5) is 11.3. The molecule has 0 unspecified atom stereocenters. The minimum atomic E-state index is -2.00. The van der Waals surface area contributed by atoms with Crippen LogP contribution in [0.25, 0.3) is 0 Å². The standard InChI is InChI=1S/C14H21FO2Si/c1-10(16)11-7-12(15)9-13(8-11)17-18(5,6)14(2,3)4/h7-9H,1-6H3. The first kappa shape index (κ1) is 14.9. The molecular weight excluding hydrogens is 247 g/mol. The topological polar surface area (TPSA) is 26.3 Å². The van der Waals surface area contributed by atoms with Gasteiger partial charge in [-0.3, -0.25) is 4.79 Å². The van der Waals surface area contributed by atoms with Gasteiger partial charge in [-0.15, -0.1) is 0 Å². The van der Waals surface area contributed by atoms with Crippen LogP contribution in [-0.4, -0.2) is 14.1 Å². The van der Waals surface area contributed by atoms with Crippen LogP contribution in [0.1, 0.15) is 38.1 Å². The summed E-state index contributed by atoms with van der Waals surface area (Å²) in [6.45, 7) is 11.9. The van der Waals surface area contributed by atoms with Crippen LogP contribution in [-0.2, 0) is 0 Å². The Hall–Kier alpha value is -1.16. The fraction of sp³-hybridized carbons (Fsp3) is 0.500. The number of benzene rings is 1. The van der Waals surface area contributed by atoms with Crippen LogP contribution in [0.15, 0.2) is 18.2 Å². The van der Waals surface area contributed by atoms with Gasteiger partial charge in [-0.05, 0) is 37.2 Å². The third-order valence-corrected chi connectivity index (χ3v) is 7.82. The van der Waals surface area contributed by atoms with E-state index in [1.165, 1.54) is 19.1 Å². The fourth-order valence-electron chi connectivity index (χ4n) is 1.27. The Kier molecular flexibility index (Phi) is 4.01. The van der Waals surface area contributed by atoms with E-state index in [-0.39, 0.29) is 10.8 Å². The van der Waals surface area contributed by atoms with Crippen molar-refractivity contribution in [2.75, 3.05) is 0 Å². The smallest absolute Gasteiger partial charge is 0.250 e. The Morgan fingerprint density at radius 1 is 1.22 bits per heavy atom. The van der Waals surface area contributed by atoms with E-state index in [1.54, 1.807) is 6.07 Å². The first-order chi connectivity index (χ1) is 8.03. The van der Waals surface area contributed by atoms with Crippen LogP contribution >= 0.6 is 0 Å². The molecule has 0 heterocycles. The van der Waals surface area contributed by atoms with Crippen LogP contribution in [0.4, 0.5) is 4.39 Å². The summed E-state index contributed by atoms with van der Waals surface area (Å²) < 4.78 is 19.4. The summed E-state index contributed by atoms with van der Waals surface area (Å²) in [6.07, 6.45) is 0. The molecule has 0 radical (unpaired) electrons. The zero-order chi connectivity index (χ0) is 14.1. The van der Waals surface area contributed by atoms with E-state index in [9.17, 15) is 9.18 Å². The van der Waals surface area contributed by atoms with Crippen LogP contribution in [0.3, 0.4) is 0 Å². The Morgan fingerprint density at radius 2 is 1.78 bits per heavy atom. The van der Waals surface area contributed by atoms with Crippen LogP contribution < -0.4 is 4.43 Å². The predicted molar refractivity (Wildman–Crippen MR) is 74.2 cm³/mol. The molecule has 0 aliphatic rings. The number of carbonyl (C=O) groups excluding carboxylic acids is 1. The molecule has 0 aliphatic heterocycles. The number of halogens is 1. The molecule has 1 aromatic rings. The van der Waals surface area contributed by atoms with Crippen molar-refractivity contribution in [3.8, 4) is 5.75 Å². The van der Waals surface area contributed by atoms with Gasteiger partial charge in [0, 0.05) is 11.6 Å². The zero-order valence-electron chi connectivity index (χ0n) is 11.9. The molecule has 0 saturated carbocycles. The molecule has 0 bridgehead atoms. The molecule has 18 heavy (non-hydrogen) atoms. The third-order valence-electron chi connectivity index (χ3n) is 3.46. The Balaban J connectivity index is 3.09. The van der Waals surface area contributed by atoms with E-state index in [0.717, 1.165) is 0 Å². The molecule has 0 atom stereocenters. The first-order valence-corrected chi connectivity index (χ1v) is 8.94. The summed E-state index contributed by atoms with van der Waals surface area (Å²) in [5.74, 6) is -0.141. The number of ketones is 1. The molecule has 1 rings (SSSR count). The zero-order valence-corrected chi connectivity index (χ0v) is 12.9. The van der Waals surface area contributed by atoms with Gasteiger partial charge in [0.2, 0.25) is 8.32 Å². The predicted octanol–water partition coefficient (Wildman–Crippen LogP) is 4.41. The van der Waals surface area contributed by atoms with Crippen LogP contribution in [0, 0.1) is 5.82 Å². The van der Waals surface area contributed by atoms with Gasteiger partial charge in [0.05, 0.1) is 0 Å². The van der Waals surface area contributed by atoms with Gasteiger partial charge in [0.15, 0.2) is 5.78 Å². The second kappa shape index (κ2) is 4.84. The Bertz CT molecular complexity index is 461. The number of rotatable bonds is 3. The van der Waals surface area contributed by atoms with Gasteiger partial charge in [0.25, 0.3) is 0 Å². The van der Waals surface area contributed by atoms with Crippen molar-refractivity contribution < 1.29 is 13.6 Å². The van der Waals surface area contributed by atoms with E-state index >= 15 is 0 Å². The van der Waals surface area contributed by atoms with Gasteiger partial charge in [-0.2, -0.15) is 0 Å². The molecule has 2 nitrogen and oxygen atoms in total. The molecule has 4 heteroatoms. The summed E-state index contributed by atoms with van der Waals surface area (Å²) in [5, 5.41) is 0.0374. The van der Waals surface area contributed by atoms with Gasteiger partial charge in [0.1, 0.15) is 11.6 Å². The maximum absolute atomic E-state index is 13.4.